The second kappa shape index (κ2) is 6.68. The van der Waals surface area contributed by atoms with Gasteiger partial charge in [-0.1, -0.05) is 17.3 Å². The third-order valence-corrected chi connectivity index (χ3v) is 4.10. The lowest BCUT2D eigenvalue weighted by atomic mass is 9.94. The summed E-state index contributed by atoms with van der Waals surface area (Å²) in [5, 5.41) is 6.80. The highest BCUT2D eigenvalue weighted by atomic mass is 19.1. The van der Waals surface area contributed by atoms with Gasteiger partial charge >= 0.3 is 6.03 Å². The van der Waals surface area contributed by atoms with E-state index >= 15 is 0 Å². The van der Waals surface area contributed by atoms with Crippen LogP contribution in [-0.4, -0.2) is 29.2 Å². The number of amides is 2. The minimum Gasteiger partial charge on any atom is -0.368 e. The topological polar surface area (TPSA) is 84.4 Å². The van der Waals surface area contributed by atoms with Crippen LogP contribution in [0.25, 0.3) is 0 Å². The summed E-state index contributed by atoms with van der Waals surface area (Å²) in [7, 11) is 0. The summed E-state index contributed by atoms with van der Waals surface area (Å²) in [6.07, 6.45) is 1.66. The zero-order chi connectivity index (χ0) is 16.2. The van der Waals surface area contributed by atoms with Crippen LogP contribution in [0.4, 0.5) is 15.1 Å². The largest absolute Gasteiger partial charge is 0.368 e. The number of nitrogens with one attached hydrogen (secondary N) is 1. The molecule has 6 nitrogen and oxygen atoms in total. The Kier molecular flexibility index (Phi) is 4.45. The maximum absolute atomic E-state index is 12.8. The summed E-state index contributed by atoms with van der Waals surface area (Å²) in [6, 6.07) is 7.74. The second-order valence-corrected chi connectivity index (χ2v) is 5.70. The van der Waals surface area contributed by atoms with Crippen LogP contribution in [0.1, 0.15) is 30.0 Å². The van der Waals surface area contributed by atoms with Gasteiger partial charge in [0.05, 0.1) is 5.69 Å². The SMILES string of the molecule is Nc1cc(C2CCN(C(=O)NCc3ccc(F)cc3)CC2)no1. The molecule has 1 aromatic heterocycles. The first kappa shape index (κ1) is 15.3. The Hall–Kier alpha value is -2.57. The van der Waals surface area contributed by atoms with Crippen molar-refractivity contribution in [1.29, 1.82) is 0 Å². The van der Waals surface area contributed by atoms with Gasteiger partial charge in [0, 0.05) is 31.6 Å². The predicted molar refractivity (Wildman–Crippen MR) is 83.1 cm³/mol. The van der Waals surface area contributed by atoms with Crippen LogP contribution in [0.5, 0.6) is 0 Å². The molecule has 0 aliphatic carbocycles. The fourth-order valence-electron chi connectivity index (χ4n) is 2.77. The standard InChI is InChI=1S/C16H19FN4O2/c17-13-3-1-11(2-4-13)10-19-16(22)21-7-5-12(6-8-21)14-9-15(18)23-20-14/h1-4,9,12H,5-8,10,18H2,(H,19,22). The molecule has 3 rings (SSSR count). The number of urea groups is 1. The quantitative estimate of drug-likeness (QED) is 0.910. The third-order valence-electron chi connectivity index (χ3n) is 4.10. The molecule has 0 spiro atoms. The first-order valence-electron chi connectivity index (χ1n) is 7.61. The lowest BCUT2D eigenvalue weighted by Gasteiger charge is -2.31. The van der Waals surface area contributed by atoms with Gasteiger partial charge in [-0.2, -0.15) is 0 Å². The Labute approximate surface area is 133 Å². The molecule has 2 amide bonds. The van der Waals surface area contributed by atoms with E-state index in [1.807, 2.05) is 0 Å². The number of benzene rings is 1. The number of likely N-dealkylation sites (tertiary alicyclic amines) is 1. The summed E-state index contributed by atoms with van der Waals surface area (Å²) in [5.74, 6) is 0.312. The van der Waals surface area contributed by atoms with E-state index in [0.717, 1.165) is 24.1 Å². The van der Waals surface area contributed by atoms with Crippen molar-refractivity contribution in [3.8, 4) is 0 Å². The van der Waals surface area contributed by atoms with Gasteiger partial charge in [-0.05, 0) is 30.5 Å². The third kappa shape index (κ3) is 3.80. The molecule has 1 saturated heterocycles. The number of halogens is 1. The number of nitrogens with two attached hydrogens (primary N) is 1. The van der Waals surface area contributed by atoms with Gasteiger partial charge in [0.2, 0.25) is 5.88 Å². The predicted octanol–water partition coefficient (Wildman–Crippen LogP) is 2.49. The fraction of sp³-hybridized carbons (Fsp3) is 0.375. The van der Waals surface area contributed by atoms with Gasteiger partial charge < -0.3 is 20.5 Å². The number of carbonyl (C=O) groups excluding carboxylic acids is 1. The van der Waals surface area contributed by atoms with Crippen LogP contribution in [0.3, 0.4) is 0 Å². The van der Waals surface area contributed by atoms with Gasteiger partial charge in [-0.15, -0.1) is 0 Å². The molecule has 3 N–H and O–H groups in total. The van der Waals surface area contributed by atoms with Crippen LogP contribution < -0.4 is 11.1 Å². The first-order chi connectivity index (χ1) is 11.1. The Bertz CT molecular complexity index is 663. The molecule has 1 aliphatic heterocycles. The van der Waals surface area contributed by atoms with E-state index in [4.69, 9.17) is 10.3 Å². The number of rotatable bonds is 3. The van der Waals surface area contributed by atoms with Crippen LogP contribution in [0.15, 0.2) is 34.9 Å². The number of anilines is 1. The Balaban J connectivity index is 1.47. The molecule has 0 bridgehead atoms. The lowest BCUT2D eigenvalue weighted by Crippen LogP contribution is -2.43. The molecule has 122 valence electrons. The number of hydrogen-bond donors (Lipinski definition) is 2. The van der Waals surface area contributed by atoms with Crippen LogP contribution in [0.2, 0.25) is 0 Å². The average Bonchev–Trinajstić information content (AvgIpc) is 3.01. The van der Waals surface area contributed by atoms with Gasteiger partial charge in [-0.25, -0.2) is 9.18 Å². The zero-order valence-corrected chi connectivity index (χ0v) is 12.7. The van der Waals surface area contributed by atoms with Crippen LogP contribution in [0, 0.1) is 5.82 Å². The van der Waals surface area contributed by atoms with E-state index in [-0.39, 0.29) is 17.8 Å². The van der Waals surface area contributed by atoms with Crippen LogP contribution in [-0.2, 0) is 6.54 Å². The highest BCUT2D eigenvalue weighted by molar-refractivity contribution is 5.74. The number of piperidine rings is 1. The van der Waals surface area contributed by atoms with E-state index in [2.05, 4.69) is 10.5 Å². The maximum Gasteiger partial charge on any atom is 0.317 e. The lowest BCUT2D eigenvalue weighted by molar-refractivity contribution is 0.180. The summed E-state index contributed by atoms with van der Waals surface area (Å²) in [5.41, 5.74) is 7.26. The molecule has 2 heterocycles. The Morgan fingerprint density at radius 2 is 2.04 bits per heavy atom. The molecule has 23 heavy (non-hydrogen) atoms. The average molecular weight is 318 g/mol. The number of nitrogen functional groups attached to an aromatic ring is 1. The van der Waals surface area contributed by atoms with Gasteiger partial charge in [0.25, 0.3) is 0 Å². The number of nitrogens with zero attached hydrogens (tertiary/aromatic N) is 2. The normalized spacial score (nSPS) is 15.6. The number of carbonyl (C=O) groups is 1. The van der Waals surface area contributed by atoms with Crippen molar-refractivity contribution >= 4 is 11.9 Å². The van der Waals surface area contributed by atoms with Crippen molar-refractivity contribution in [1.82, 2.24) is 15.4 Å². The summed E-state index contributed by atoms with van der Waals surface area (Å²) in [6.45, 7) is 1.71. The van der Waals surface area contributed by atoms with Crippen LogP contribution >= 0.6 is 0 Å². The monoisotopic (exact) mass is 318 g/mol. The summed E-state index contributed by atoms with van der Waals surface area (Å²) in [4.78, 5) is 14.0. The molecule has 1 aliphatic rings. The van der Waals surface area contributed by atoms with E-state index in [1.165, 1.54) is 12.1 Å². The minimum atomic E-state index is -0.282. The Morgan fingerprint density at radius 3 is 2.65 bits per heavy atom. The molecule has 0 radical (unpaired) electrons. The second-order valence-electron chi connectivity index (χ2n) is 5.70. The maximum atomic E-state index is 12.8. The van der Waals surface area contributed by atoms with E-state index in [1.54, 1.807) is 23.1 Å². The number of hydrogen-bond acceptors (Lipinski definition) is 4. The van der Waals surface area contributed by atoms with Gasteiger partial charge in [0.1, 0.15) is 5.82 Å². The molecule has 7 heteroatoms. The summed E-state index contributed by atoms with van der Waals surface area (Å²) >= 11 is 0. The van der Waals surface area contributed by atoms with Crippen molar-refractivity contribution in [2.45, 2.75) is 25.3 Å². The molecule has 1 fully saturated rings. The minimum absolute atomic E-state index is 0.104. The van der Waals surface area contributed by atoms with Crippen molar-refractivity contribution < 1.29 is 13.7 Å². The molecule has 1 aromatic carbocycles. The van der Waals surface area contributed by atoms with Gasteiger partial charge in [-0.3, -0.25) is 0 Å². The molecule has 0 unspecified atom stereocenters. The highest BCUT2D eigenvalue weighted by Gasteiger charge is 2.25. The Morgan fingerprint density at radius 1 is 1.35 bits per heavy atom. The zero-order valence-electron chi connectivity index (χ0n) is 12.7. The van der Waals surface area contributed by atoms with Gasteiger partial charge in [0.15, 0.2) is 0 Å². The molecular weight excluding hydrogens is 299 g/mol. The summed E-state index contributed by atoms with van der Waals surface area (Å²) < 4.78 is 17.7. The molecular formula is C16H19FN4O2. The van der Waals surface area contributed by atoms with E-state index < -0.39 is 0 Å². The molecule has 2 aromatic rings. The van der Waals surface area contributed by atoms with Crippen molar-refractivity contribution in [3.05, 3.63) is 47.4 Å². The first-order valence-corrected chi connectivity index (χ1v) is 7.61. The van der Waals surface area contributed by atoms with E-state index in [9.17, 15) is 9.18 Å². The van der Waals surface area contributed by atoms with Crippen molar-refractivity contribution in [2.24, 2.45) is 0 Å². The fourth-order valence-corrected chi connectivity index (χ4v) is 2.77. The smallest absolute Gasteiger partial charge is 0.317 e. The molecule has 0 saturated carbocycles. The number of aromatic nitrogens is 1. The highest BCUT2D eigenvalue weighted by Crippen LogP contribution is 2.28. The van der Waals surface area contributed by atoms with Crippen molar-refractivity contribution in [3.63, 3.8) is 0 Å². The molecule has 0 atom stereocenters. The van der Waals surface area contributed by atoms with E-state index in [0.29, 0.717) is 25.5 Å². The van der Waals surface area contributed by atoms with Crippen molar-refractivity contribution in [2.75, 3.05) is 18.8 Å².